The van der Waals surface area contributed by atoms with Crippen LogP contribution in [0.15, 0.2) is 0 Å². The fourth-order valence-corrected chi connectivity index (χ4v) is 3.29. The molecule has 2 atom stereocenters. The summed E-state index contributed by atoms with van der Waals surface area (Å²) in [5, 5.41) is 5.90. The summed E-state index contributed by atoms with van der Waals surface area (Å²) in [5.41, 5.74) is 0. The maximum atomic E-state index is 12.0. The van der Waals surface area contributed by atoms with Crippen molar-refractivity contribution in [3.63, 3.8) is 0 Å². The van der Waals surface area contributed by atoms with Gasteiger partial charge in [-0.05, 0) is 26.2 Å². The van der Waals surface area contributed by atoms with E-state index < -0.39 is 0 Å². The van der Waals surface area contributed by atoms with Gasteiger partial charge in [0, 0.05) is 44.4 Å². The quantitative estimate of drug-likeness (QED) is 0.789. The molecule has 22 heavy (non-hydrogen) atoms. The number of piperidine rings is 1. The maximum Gasteiger partial charge on any atom is 0.223 e. The molecule has 1 aliphatic heterocycles. The molecule has 2 rings (SSSR count). The van der Waals surface area contributed by atoms with Crippen LogP contribution in [0.3, 0.4) is 0 Å². The Kier molecular flexibility index (Phi) is 5.80. The summed E-state index contributed by atoms with van der Waals surface area (Å²) in [7, 11) is 1.76. The van der Waals surface area contributed by atoms with E-state index >= 15 is 0 Å². The minimum Gasteiger partial charge on any atom is -0.353 e. The lowest BCUT2D eigenvalue weighted by molar-refractivity contribution is -0.134. The van der Waals surface area contributed by atoms with Gasteiger partial charge in [0.1, 0.15) is 0 Å². The van der Waals surface area contributed by atoms with Crippen molar-refractivity contribution in [3.05, 3.63) is 0 Å². The fraction of sp³-hybridized carbons (Fsp3) is 0.812. The van der Waals surface area contributed by atoms with Crippen molar-refractivity contribution >= 4 is 17.7 Å². The molecule has 3 amide bonds. The Bertz CT molecular complexity index is 432. The van der Waals surface area contributed by atoms with E-state index in [2.05, 4.69) is 10.6 Å². The number of likely N-dealkylation sites (N-methyl/N-ethyl adjacent to an activating group) is 1. The zero-order chi connectivity index (χ0) is 16.1. The van der Waals surface area contributed by atoms with Gasteiger partial charge in [0.25, 0.3) is 0 Å². The van der Waals surface area contributed by atoms with Crippen LogP contribution in [-0.4, -0.2) is 48.3 Å². The highest BCUT2D eigenvalue weighted by molar-refractivity contribution is 5.82. The summed E-state index contributed by atoms with van der Waals surface area (Å²) >= 11 is 0. The first-order chi connectivity index (χ1) is 10.5. The number of nitrogens with one attached hydrogen (secondary N) is 2. The van der Waals surface area contributed by atoms with Crippen molar-refractivity contribution in [2.45, 2.75) is 64.0 Å². The van der Waals surface area contributed by atoms with E-state index in [1.54, 1.807) is 11.9 Å². The smallest absolute Gasteiger partial charge is 0.223 e. The number of hydrogen-bond donors (Lipinski definition) is 2. The second-order valence-corrected chi connectivity index (χ2v) is 6.67. The van der Waals surface area contributed by atoms with Gasteiger partial charge in [-0.15, -0.1) is 0 Å². The molecular formula is C16H27N3O3. The second kappa shape index (κ2) is 7.61. The predicted molar refractivity (Wildman–Crippen MR) is 83.0 cm³/mol. The second-order valence-electron chi connectivity index (χ2n) is 6.67. The van der Waals surface area contributed by atoms with E-state index in [0.29, 0.717) is 19.4 Å². The SMILES string of the molecule is C[C@@H](CC(=O)N[C@H]1CCC(=O)N(C)C1)NC(=O)C1CCCC1. The van der Waals surface area contributed by atoms with Gasteiger partial charge in [0.2, 0.25) is 17.7 Å². The topological polar surface area (TPSA) is 78.5 Å². The van der Waals surface area contributed by atoms with Crippen LogP contribution in [0.25, 0.3) is 0 Å². The molecule has 0 aromatic rings. The lowest BCUT2D eigenvalue weighted by Crippen LogP contribution is -2.49. The molecule has 0 bridgehead atoms. The van der Waals surface area contributed by atoms with Crippen molar-refractivity contribution < 1.29 is 14.4 Å². The molecule has 0 aromatic carbocycles. The molecule has 6 heteroatoms. The van der Waals surface area contributed by atoms with E-state index in [1.165, 1.54) is 0 Å². The van der Waals surface area contributed by atoms with Crippen molar-refractivity contribution in [2.24, 2.45) is 5.92 Å². The summed E-state index contributed by atoms with van der Waals surface area (Å²) < 4.78 is 0. The van der Waals surface area contributed by atoms with Gasteiger partial charge in [-0.3, -0.25) is 14.4 Å². The first-order valence-corrected chi connectivity index (χ1v) is 8.29. The average Bonchev–Trinajstić information content (AvgIpc) is 2.96. The number of nitrogens with zero attached hydrogens (tertiary/aromatic N) is 1. The summed E-state index contributed by atoms with van der Waals surface area (Å²) in [6.45, 7) is 2.43. The third kappa shape index (κ3) is 4.71. The van der Waals surface area contributed by atoms with Crippen LogP contribution in [0.1, 0.15) is 51.9 Å². The molecular weight excluding hydrogens is 282 g/mol. The van der Waals surface area contributed by atoms with Crippen LogP contribution in [0.2, 0.25) is 0 Å². The molecule has 0 unspecified atom stereocenters. The maximum absolute atomic E-state index is 12.0. The van der Waals surface area contributed by atoms with Crippen LogP contribution in [-0.2, 0) is 14.4 Å². The minimum atomic E-state index is -0.156. The first kappa shape index (κ1) is 16.8. The molecule has 1 heterocycles. The predicted octanol–water partition coefficient (Wildman–Crippen LogP) is 0.808. The van der Waals surface area contributed by atoms with Gasteiger partial charge in [-0.1, -0.05) is 12.8 Å². The molecule has 124 valence electrons. The van der Waals surface area contributed by atoms with Gasteiger partial charge in [-0.2, -0.15) is 0 Å². The van der Waals surface area contributed by atoms with Crippen molar-refractivity contribution in [1.82, 2.24) is 15.5 Å². The number of carbonyl (C=O) groups is 3. The third-order valence-corrected chi connectivity index (χ3v) is 4.60. The number of likely N-dealkylation sites (tertiary alicyclic amines) is 1. The van der Waals surface area contributed by atoms with E-state index in [1.807, 2.05) is 6.92 Å². The summed E-state index contributed by atoms with van der Waals surface area (Å²) in [5.74, 6) is 0.277. The van der Waals surface area contributed by atoms with Crippen LogP contribution >= 0.6 is 0 Å². The van der Waals surface area contributed by atoms with Crippen molar-refractivity contribution in [2.75, 3.05) is 13.6 Å². The number of amides is 3. The van der Waals surface area contributed by atoms with E-state index in [4.69, 9.17) is 0 Å². The molecule has 2 fully saturated rings. The Labute approximate surface area is 132 Å². The van der Waals surface area contributed by atoms with Gasteiger partial charge in [-0.25, -0.2) is 0 Å². The van der Waals surface area contributed by atoms with Crippen molar-refractivity contribution in [3.8, 4) is 0 Å². The fourth-order valence-electron chi connectivity index (χ4n) is 3.29. The first-order valence-electron chi connectivity index (χ1n) is 8.29. The number of hydrogen-bond acceptors (Lipinski definition) is 3. The molecule has 6 nitrogen and oxygen atoms in total. The highest BCUT2D eigenvalue weighted by Crippen LogP contribution is 2.24. The van der Waals surface area contributed by atoms with Gasteiger partial charge in [0.05, 0.1) is 0 Å². The monoisotopic (exact) mass is 309 g/mol. The van der Waals surface area contributed by atoms with E-state index in [-0.39, 0.29) is 42.1 Å². The molecule has 0 aromatic heterocycles. The summed E-state index contributed by atoms with van der Waals surface area (Å²) in [6, 6.07) is -0.135. The van der Waals surface area contributed by atoms with E-state index in [0.717, 1.165) is 25.7 Å². The van der Waals surface area contributed by atoms with Gasteiger partial charge < -0.3 is 15.5 Å². The highest BCUT2D eigenvalue weighted by atomic mass is 16.2. The zero-order valence-electron chi connectivity index (χ0n) is 13.6. The molecule has 0 radical (unpaired) electrons. The standard InChI is InChI=1S/C16H27N3O3/c1-11(17-16(22)12-5-3-4-6-12)9-14(20)18-13-7-8-15(21)19(2)10-13/h11-13H,3-10H2,1-2H3,(H,17,22)(H,18,20)/t11-,13-/m0/s1. The van der Waals surface area contributed by atoms with Crippen molar-refractivity contribution in [1.29, 1.82) is 0 Å². The van der Waals surface area contributed by atoms with Gasteiger partial charge in [0.15, 0.2) is 0 Å². The molecule has 0 spiro atoms. The third-order valence-electron chi connectivity index (χ3n) is 4.60. The zero-order valence-corrected chi connectivity index (χ0v) is 13.6. The molecule has 2 N–H and O–H groups in total. The van der Waals surface area contributed by atoms with Crippen LogP contribution in [0, 0.1) is 5.92 Å². The largest absolute Gasteiger partial charge is 0.353 e. The minimum absolute atomic E-state index is 0.0212. The normalized spacial score (nSPS) is 24.2. The summed E-state index contributed by atoms with van der Waals surface area (Å²) in [6.07, 6.45) is 5.64. The van der Waals surface area contributed by atoms with Crippen LogP contribution in [0.4, 0.5) is 0 Å². The van der Waals surface area contributed by atoms with Gasteiger partial charge >= 0.3 is 0 Å². The molecule has 2 aliphatic rings. The van der Waals surface area contributed by atoms with E-state index in [9.17, 15) is 14.4 Å². The highest BCUT2D eigenvalue weighted by Gasteiger charge is 2.26. The Morgan fingerprint density at radius 1 is 1.27 bits per heavy atom. The Balaban J connectivity index is 1.69. The number of rotatable bonds is 5. The Morgan fingerprint density at radius 3 is 2.59 bits per heavy atom. The lowest BCUT2D eigenvalue weighted by atomic mass is 10.0. The summed E-state index contributed by atoms with van der Waals surface area (Å²) in [4.78, 5) is 37.1. The average molecular weight is 309 g/mol. The molecule has 1 aliphatic carbocycles. The number of carbonyl (C=O) groups excluding carboxylic acids is 3. The molecule has 1 saturated heterocycles. The Hall–Kier alpha value is -1.59. The van der Waals surface area contributed by atoms with Crippen LogP contribution < -0.4 is 10.6 Å². The van der Waals surface area contributed by atoms with Crippen LogP contribution in [0.5, 0.6) is 0 Å². The lowest BCUT2D eigenvalue weighted by Gasteiger charge is -2.30. The Morgan fingerprint density at radius 2 is 1.95 bits per heavy atom. The molecule has 1 saturated carbocycles.